The zero-order valence-corrected chi connectivity index (χ0v) is 16.2. The highest BCUT2D eigenvalue weighted by Gasteiger charge is 2.19. The fraction of sp³-hybridized carbons (Fsp3) is 0.235. The molecule has 0 aliphatic heterocycles. The van der Waals surface area contributed by atoms with Crippen molar-refractivity contribution in [1.29, 1.82) is 0 Å². The Bertz CT molecular complexity index is 901. The summed E-state index contributed by atoms with van der Waals surface area (Å²) in [6.07, 6.45) is 0.771. The molecule has 0 spiro atoms. The molecule has 134 valence electrons. The largest absolute Gasteiger partial charge is 0.352 e. The zero-order chi connectivity index (χ0) is 18.6. The molecular weight excluding hydrogens is 411 g/mol. The molecule has 1 amide bonds. The lowest BCUT2D eigenvalue weighted by Crippen LogP contribution is -2.25. The van der Waals surface area contributed by atoms with Gasteiger partial charge in [-0.2, -0.15) is 0 Å². The van der Waals surface area contributed by atoms with E-state index in [1.54, 1.807) is 13.0 Å². The van der Waals surface area contributed by atoms with Gasteiger partial charge in [0.2, 0.25) is 0 Å². The van der Waals surface area contributed by atoms with Crippen molar-refractivity contribution in [2.45, 2.75) is 25.2 Å². The van der Waals surface area contributed by atoms with Crippen LogP contribution in [0.25, 0.3) is 0 Å². The van der Waals surface area contributed by atoms with Gasteiger partial charge in [-0.05, 0) is 49.2 Å². The van der Waals surface area contributed by atoms with E-state index in [0.717, 1.165) is 12.5 Å². The van der Waals surface area contributed by atoms with E-state index in [1.807, 2.05) is 6.92 Å². The van der Waals surface area contributed by atoms with Crippen LogP contribution in [-0.2, 0) is 10.0 Å². The molecule has 0 unspecified atom stereocenters. The normalized spacial score (nSPS) is 11.2. The maximum Gasteiger partial charge on any atom is 0.262 e. The SMILES string of the molecule is CCCNC(=O)c1cc(S(=O)(=O)Nc2ccc(Br)cc2F)ccc1C. The second-order valence-corrected chi connectivity index (χ2v) is 8.06. The molecule has 0 aliphatic carbocycles. The van der Waals surface area contributed by atoms with Crippen molar-refractivity contribution >= 4 is 37.5 Å². The van der Waals surface area contributed by atoms with E-state index in [9.17, 15) is 17.6 Å². The molecule has 25 heavy (non-hydrogen) atoms. The monoisotopic (exact) mass is 428 g/mol. The molecule has 0 aromatic heterocycles. The molecule has 0 atom stereocenters. The number of sulfonamides is 1. The first-order valence-corrected chi connectivity index (χ1v) is 9.89. The third-order valence-corrected chi connectivity index (χ3v) is 5.33. The van der Waals surface area contributed by atoms with E-state index in [0.29, 0.717) is 16.6 Å². The van der Waals surface area contributed by atoms with Gasteiger partial charge in [-0.15, -0.1) is 0 Å². The summed E-state index contributed by atoms with van der Waals surface area (Å²) >= 11 is 3.11. The van der Waals surface area contributed by atoms with Crippen molar-refractivity contribution in [3.05, 3.63) is 57.8 Å². The zero-order valence-electron chi connectivity index (χ0n) is 13.8. The lowest BCUT2D eigenvalue weighted by Gasteiger charge is -2.12. The van der Waals surface area contributed by atoms with Gasteiger partial charge in [0.1, 0.15) is 5.82 Å². The van der Waals surface area contributed by atoms with Crippen LogP contribution >= 0.6 is 15.9 Å². The molecule has 0 fully saturated rings. The quantitative estimate of drug-likeness (QED) is 0.733. The van der Waals surface area contributed by atoms with Crippen molar-refractivity contribution in [2.75, 3.05) is 11.3 Å². The first-order valence-electron chi connectivity index (χ1n) is 7.61. The average Bonchev–Trinajstić information content (AvgIpc) is 2.55. The van der Waals surface area contributed by atoms with Gasteiger partial charge in [-0.1, -0.05) is 28.9 Å². The molecule has 2 N–H and O–H groups in total. The lowest BCUT2D eigenvalue weighted by atomic mass is 10.1. The summed E-state index contributed by atoms with van der Waals surface area (Å²) in [6, 6.07) is 8.23. The molecular formula is C17H18BrFN2O3S. The van der Waals surface area contributed by atoms with E-state index in [4.69, 9.17) is 0 Å². The minimum Gasteiger partial charge on any atom is -0.352 e. The van der Waals surface area contributed by atoms with Crippen molar-refractivity contribution < 1.29 is 17.6 Å². The Hall–Kier alpha value is -1.93. The van der Waals surface area contributed by atoms with Crippen molar-refractivity contribution in [1.82, 2.24) is 5.32 Å². The maximum atomic E-state index is 13.9. The Labute approximate surface area is 154 Å². The second-order valence-electron chi connectivity index (χ2n) is 5.46. The van der Waals surface area contributed by atoms with E-state index < -0.39 is 15.8 Å². The van der Waals surface area contributed by atoms with Gasteiger partial charge < -0.3 is 5.32 Å². The highest BCUT2D eigenvalue weighted by molar-refractivity contribution is 9.10. The molecule has 2 aromatic rings. The smallest absolute Gasteiger partial charge is 0.262 e. The summed E-state index contributed by atoms with van der Waals surface area (Å²) in [5, 5.41) is 2.71. The first kappa shape index (κ1) is 19.4. The molecule has 0 aliphatic rings. The van der Waals surface area contributed by atoms with Crippen LogP contribution in [0.3, 0.4) is 0 Å². The lowest BCUT2D eigenvalue weighted by molar-refractivity contribution is 0.0953. The summed E-state index contributed by atoms with van der Waals surface area (Å²) in [7, 11) is -4.03. The van der Waals surface area contributed by atoms with Crippen molar-refractivity contribution in [3.8, 4) is 0 Å². The van der Waals surface area contributed by atoms with Crippen LogP contribution in [0.1, 0.15) is 29.3 Å². The molecule has 0 saturated carbocycles. The molecule has 0 saturated heterocycles. The Morgan fingerprint density at radius 2 is 1.92 bits per heavy atom. The Morgan fingerprint density at radius 3 is 2.56 bits per heavy atom. The van der Waals surface area contributed by atoms with Gasteiger partial charge in [0, 0.05) is 16.6 Å². The van der Waals surface area contributed by atoms with Crippen molar-refractivity contribution in [2.24, 2.45) is 0 Å². The summed E-state index contributed by atoms with van der Waals surface area (Å²) < 4.78 is 41.6. The molecule has 0 bridgehead atoms. The molecule has 5 nitrogen and oxygen atoms in total. The predicted octanol–water partition coefficient (Wildman–Crippen LogP) is 3.84. The molecule has 2 aromatic carbocycles. The third kappa shape index (κ3) is 4.79. The van der Waals surface area contributed by atoms with Gasteiger partial charge >= 0.3 is 0 Å². The standard InChI is InChI=1S/C17H18BrFN2O3S/c1-3-8-20-17(22)14-10-13(6-4-11(14)2)25(23,24)21-16-7-5-12(18)9-15(16)19/h4-7,9-10,21H,3,8H2,1-2H3,(H,20,22). The van der Waals surface area contributed by atoms with Crippen LogP contribution in [0, 0.1) is 12.7 Å². The summed E-state index contributed by atoms with van der Waals surface area (Å²) in [6.45, 7) is 4.14. The number of aryl methyl sites for hydroxylation is 1. The fourth-order valence-electron chi connectivity index (χ4n) is 2.12. The number of nitrogens with one attached hydrogen (secondary N) is 2. The second kappa shape index (κ2) is 7.97. The van der Waals surface area contributed by atoms with Crippen LogP contribution in [0.15, 0.2) is 45.8 Å². The molecule has 0 radical (unpaired) electrons. The number of carbonyl (C=O) groups excluding carboxylic acids is 1. The minimum atomic E-state index is -4.03. The Kier molecular flexibility index (Phi) is 6.18. The van der Waals surface area contributed by atoms with Gasteiger partial charge in [-0.25, -0.2) is 12.8 Å². The fourth-order valence-corrected chi connectivity index (χ4v) is 3.55. The highest BCUT2D eigenvalue weighted by Crippen LogP contribution is 2.23. The molecule has 0 heterocycles. The highest BCUT2D eigenvalue weighted by atomic mass is 79.9. The number of hydrogen-bond donors (Lipinski definition) is 2. The van der Waals surface area contributed by atoms with E-state index in [2.05, 4.69) is 26.0 Å². The van der Waals surface area contributed by atoms with Crippen LogP contribution in [0.2, 0.25) is 0 Å². The van der Waals surface area contributed by atoms with E-state index >= 15 is 0 Å². The Morgan fingerprint density at radius 1 is 1.20 bits per heavy atom. The molecule has 8 heteroatoms. The van der Waals surface area contributed by atoms with Crippen molar-refractivity contribution in [3.63, 3.8) is 0 Å². The number of halogens is 2. The van der Waals surface area contributed by atoms with Gasteiger partial charge in [-0.3, -0.25) is 9.52 Å². The van der Waals surface area contributed by atoms with Gasteiger partial charge in [0.15, 0.2) is 0 Å². The van der Waals surface area contributed by atoms with E-state index in [1.165, 1.54) is 24.3 Å². The van der Waals surface area contributed by atoms with Crippen LogP contribution in [0.5, 0.6) is 0 Å². The summed E-state index contributed by atoms with van der Waals surface area (Å²) in [5.74, 6) is -1.04. The number of amides is 1. The number of benzene rings is 2. The van der Waals surface area contributed by atoms with Crippen LogP contribution in [-0.4, -0.2) is 20.9 Å². The number of rotatable bonds is 6. The van der Waals surface area contributed by atoms with Crippen LogP contribution < -0.4 is 10.0 Å². The number of hydrogen-bond acceptors (Lipinski definition) is 3. The predicted molar refractivity (Wildman–Crippen MR) is 98.7 cm³/mol. The molecule has 2 rings (SSSR count). The maximum absolute atomic E-state index is 13.9. The number of carbonyl (C=O) groups is 1. The van der Waals surface area contributed by atoms with Crippen LogP contribution in [0.4, 0.5) is 10.1 Å². The van der Waals surface area contributed by atoms with E-state index in [-0.39, 0.29) is 22.1 Å². The van der Waals surface area contributed by atoms with Gasteiger partial charge in [0.25, 0.3) is 15.9 Å². The topological polar surface area (TPSA) is 75.3 Å². The number of anilines is 1. The third-order valence-electron chi connectivity index (χ3n) is 3.47. The average molecular weight is 429 g/mol. The first-order chi connectivity index (χ1) is 11.7. The summed E-state index contributed by atoms with van der Waals surface area (Å²) in [4.78, 5) is 12.1. The summed E-state index contributed by atoms with van der Waals surface area (Å²) in [5.41, 5.74) is 0.760. The minimum absolute atomic E-state index is 0.109. The Balaban J connectivity index is 2.34. The van der Waals surface area contributed by atoms with Gasteiger partial charge in [0.05, 0.1) is 10.6 Å².